The van der Waals surface area contributed by atoms with Gasteiger partial charge in [0.1, 0.15) is 11.6 Å². The van der Waals surface area contributed by atoms with Gasteiger partial charge in [-0.3, -0.25) is 0 Å². The smallest absolute Gasteiger partial charge is 0.139 e. The summed E-state index contributed by atoms with van der Waals surface area (Å²) >= 11 is 0. The lowest BCUT2D eigenvalue weighted by molar-refractivity contribution is 0.478. The van der Waals surface area contributed by atoms with Crippen molar-refractivity contribution in [2.45, 2.75) is 6.92 Å². The zero-order valence-electron chi connectivity index (χ0n) is 15.0. The highest BCUT2D eigenvalue weighted by Gasteiger charge is 2.12. The van der Waals surface area contributed by atoms with Crippen LogP contribution in [0, 0.1) is 0 Å². The third kappa shape index (κ3) is 4.61. The van der Waals surface area contributed by atoms with Crippen LogP contribution in [0.5, 0.6) is 5.75 Å². The lowest BCUT2D eigenvalue weighted by Gasteiger charge is -2.22. The number of rotatable bonds is 5. The standard InChI is InChI=1S/C23H22N2O/c1-19(18-26-22-16-10-5-11-17-22)23(24-20-12-6-3-7-13-20)25(2)21-14-8-4-9-15-21/h3-18H,1-2H3. The van der Waals surface area contributed by atoms with Gasteiger partial charge in [-0.25, -0.2) is 4.99 Å². The van der Waals surface area contributed by atoms with Crippen LogP contribution in [0.4, 0.5) is 11.4 Å². The van der Waals surface area contributed by atoms with E-state index in [-0.39, 0.29) is 0 Å². The molecule has 0 spiro atoms. The third-order valence-electron chi connectivity index (χ3n) is 3.92. The fraction of sp³-hybridized carbons (Fsp3) is 0.0870. The van der Waals surface area contributed by atoms with E-state index < -0.39 is 0 Å². The first-order chi connectivity index (χ1) is 12.7. The number of para-hydroxylation sites is 3. The van der Waals surface area contributed by atoms with Crippen LogP contribution in [0.2, 0.25) is 0 Å². The Balaban J connectivity index is 1.93. The minimum Gasteiger partial charge on any atom is -0.465 e. The lowest BCUT2D eigenvalue weighted by Crippen LogP contribution is -2.27. The van der Waals surface area contributed by atoms with Crippen molar-refractivity contribution in [3.05, 3.63) is 103 Å². The van der Waals surface area contributed by atoms with Gasteiger partial charge in [-0.2, -0.15) is 0 Å². The second-order valence-electron chi connectivity index (χ2n) is 5.90. The van der Waals surface area contributed by atoms with Crippen LogP contribution < -0.4 is 9.64 Å². The highest BCUT2D eigenvalue weighted by molar-refractivity contribution is 6.09. The monoisotopic (exact) mass is 342 g/mol. The van der Waals surface area contributed by atoms with Gasteiger partial charge in [0.25, 0.3) is 0 Å². The lowest BCUT2D eigenvalue weighted by atomic mass is 10.2. The first-order valence-corrected chi connectivity index (χ1v) is 8.55. The van der Waals surface area contributed by atoms with E-state index in [0.717, 1.165) is 28.5 Å². The Hall–Kier alpha value is -3.33. The van der Waals surface area contributed by atoms with Crippen molar-refractivity contribution in [3.8, 4) is 5.75 Å². The van der Waals surface area contributed by atoms with Crippen LogP contribution in [0.1, 0.15) is 6.92 Å². The van der Waals surface area contributed by atoms with Gasteiger partial charge in [0.2, 0.25) is 0 Å². The summed E-state index contributed by atoms with van der Waals surface area (Å²) < 4.78 is 5.80. The van der Waals surface area contributed by atoms with E-state index in [1.54, 1.807) is 6.26 Å². The molecule has 3 heteroatoms. The summed E-state index contributed by atoms with van der Waals surface area (Å²) in [5, 5.41) is 0. The minimum absolute atomic E-state index is 0.799. The van der Waals surface area contributed by atoms with E-state index in [9.17, 15) is 0 Å². The van der Waals surface area contributed by atoms with Gasteiger partial charge in [0, 0.05) is 18.3 Å². The molecule has 0 heterocycles. The number of likely N-dealkylation sites (N-methyl/N-ethyl adjacent to an activating group) is 1. The predicted molar refractivity (Wildman–Crippen MR) is 109 cm³/mol. The van der Waals surface area contributed by atoms with E-state index in [2.05, 4.69) is 17.0 Å². The molecule has 0 radical (unpaired) electrons. The van der Waals surface area contributed by atoms with Crippen molar-refractivity contribution < 1.29 is 4.74 Å². The van der Waals surface area contributed by atoms with E-state index >= 15 is 0 Å². The Morgan fingerprint density at radius 1 is 0.808 bits per heavy atom. The number of ether oxygens (including phenoxy) is 1. The van der Waals surface area contributed by atoms with Crippen molar-refractivity contribution in [3.63, 3.8) is 0 Å². The van der Waals surface area contributed by atoms with E-state index in [4.69, 9.17) is 9.73 Å². The Kier molecular flexibility index (Phi) is 5.84. The third-order valence-corrected chi connectivity index (χ3v) is 3.92. The number of hydrogen-bond acceptors (Lipinski definition) is 2. The van der Waals surface area contributed by atoms with Crippen LogP contribution in [0.3, 0.4) is 0 Å². The topological polar surface area (TPSA) is 24.8 Å². The number of benzene rings is 3. The molecule has 3 aromatic carbocycles. The zero-order valence-corrected chi connectivity index (χ0v) is 15.0. The average molecular weight is 342 g/mol. The Bertz CT molecular complexity index is 872. The summed E-state index contributed by atoms with van der Waals surface area (Å²) in [6.07, 6.45) is 1.75. The van der Waals surface area contributed by atoms with Gasteiger partial charge in [0.05, 0.1) is 11.9 Å². The number of aliphatic imine (C=N–C) groups is 1. The van der Waals surface area contributed by atoms with Crippen molar-refractivity contribution in [1.82, 2.24) is 0 Å². The molecule has 0 N–H and O–H groups in total. The molecule has 0 atom stereocenters. The molecule has 3 nitrogen and oxygen atoms in total. The molecule has 0 aromatic heterocycles. The summed E-state index contributed by atoms with van der Waals surface area (Å²) in [7, 11) is 2.01. The molecule has 0 aliphatic rings. The molecule has 0 unspecified atom stereocenters. The first kappa shape index (κ1) is 17.5. The molecule has 130 valence electrons. The molecule has 26 heavy (non-hydrogen) atoms. The van der Waals surface area contributed by atoms with Gasteiger partial charge in [0.15, 0.2) is 0 Å². The maximum atomic E-state index is 5.80. The number of nitrogens with zero attached hydrogens (tertiary/aromatic N) is 2. The molecule has 0 fully saturated rings. The fourth-order valence-corrected chi connectivity index (χ4v) is 2.53. The second-order valence-corrected chi connectivity index (χ2v) is 5.90. The Labute approximate surface area is 154 Å². The molecule has 0 aliphatic heterocycles. The molecule has 0 saturated carbocycles. The van der Waals surface area contributed by atoms with Crippen molar-refractivity contribution in [2.24, 2.45) is 4.99 Å². The van der Waals surface area contributed by atoms with Gasteiger partial charge in [-0.05, 0) is 43.3 Å². The van der Waals surface area contributed by atoms with E-state index in [1.165, 1.54) is 0 Å². The van der Waals surface area contributed by atoms with Crippen LogP contribution in [0.15, 0.2) is 108 Å². The normalized spacial score (nSPS) is 11.9. The maximum Gasteiger partial charge on any atom is 0.139 e. The summed E-state index contributed by atoms with van der Waals surface area (Å²) in [5.74, 6) is 1.63. The summed E-state index contributed by atoms with van der Waals surface area (Å²) in [4.78, 5) is 6.90. The Morgan fingerprint density at radius 2 is 1.35 bits per heavy atom. The zero-order chi connectivity index (χ0) is 18.2. The summed E-state index contributed by atoms with van der Waals surface area (Å²) in [6.45, 7) is 2.00. The van der Waals surface area contributed by atoms with Crippen LogP contribution >= 0.6 is 0 Å². The van der Waals surface area contributed by atoms with Gasteiger partial charge in [-0.15, -0.1) is 0 Å². The molecular weight excluding hydrogens is 320 g/mol. The summed E-state index contributed by atoms with van der Waals surface area (Å²) in [6, 6.07) is 29.8. The molecule has 0 amide bonds. The second kappa shape index (κ2) is 8.67. The molecule has 0 saturated heterocycles. The largest absolute Gasteiger partial charge is 0.465 e. The molecule has 0 bridgehead atoms. The number of hydrogen-bond donors (Lipinski definition) is 0. The van der Waals surface area contributed by atoms with Crippen molar-refractivity contribution in [1.29, 1.82) is 0 Å². The van der Waals surface area contributed by atoms with E-state index in [0.29, 0.717) is 0 Å². The molecule has 3 rings (SSSR count). The predicted octanol–water partition coefficient (Wildman–Crippen LogP) is 5.84. The Morgan fingerprint density at radius 3 is 1.96 bits per heavy atom. The quantitative estimate of drug-likeness (QED) is 0.331. The number of anilines is 1. The minimum atomic E-state index is 0.799. The molecule has 0 aliphatic carbocycles. The van der Waals surface area contributed by atoms with Crippen LogP contribution in [-0.4, -0.2) is 12.9 Å². The SMILES string of the molecule is CC(=COc1ccccc1)C(=Nc1ccccc1)N(C)c1ccccc1. The van der Waals surface area contributed by atoms with Gasteiger partial charge >= 0.3 is 0 Å². The van der Waals surface area contributed by atoms with E-state index in [1.807, 2.05) is 92.8 Å². The average Bonchev–Trinajstić information content (AvgIpc) is 2.72. The number of amidine groups is 1. The highest BCUT2D eigenvalue weighted by Crippen LogP contribution is 2.20. The summed E-state index contributed by atoms with van der Waals surface area (Å²) in [5.41, 5.74) is 2.90. The van der Waals surface area contributed by atoms with Crippen LogP contribution in [0.25, 0.3) is 0 Å². The van der Waals surface area contributed by atoms with Crippen molar-refractivity contribution in [2.75, 3.05) is 11.9 Å². The van der Waals surface area contributed by atoms with Crippen molar-refractivity contribution >= 4 is 17.2 Å². The van der Waals surface area contributed by atoms with Gasteiger partial charge < -0.3 is 9.64 Å². The highest BCUT2D eigenvalue weighted by atomic mass is 16.5. The first-order valence-electron chi connectivity index (χ1n) is 8.55. The van der Waals surface area contributed by atoms with Crippen LogP contribution in [-0.2, 0) is 0 Å². The fourth-order valence-electron chi connectivity index (χ4n) is 2.53. The molecule has 3 aromatic rings. The van der Waals surface area contributed by atoms with Gasteiger partial charge in [-0.1, -0.05) is 54.6 Å². The molecular formula is C23H22N2O. The maximum absolute atomic E-state index is 5.80.